The standard InChI is InChI=1S/C20H21F3N2O2S/c1-10-7-8-25(15-9-14(20(21,22)23)5-6-16(15)28-10)19(27)18-11(2)17(13(4)26)12(3)24-18/h5-6,9-10,24H,7-8H2,1-4H3/t10-/m0/s1. The number of aromatic nitrogens is 1. The van der Waals surface area contributed by atoms with Crippen molar-refractivity contribution in [1.29, 1.82) is 0 Å². The molecule has 0 fully saturated rings. The normalized spacial score (nSPS) is 17.2. The summed E-state index contributed by atoms with van der Waals surface area (Å²) >= 11 is 1.46. The number of hydrogen-bond donors (Lipinski definition) is 1. The van der Waals surface area contributed by atoms with Gasteiger partial charge in [-0.2, -0.15) is 13.2 Å². The van der Waals surface area contributed by atoms with Crippen LogP contribution in [0.4, 0.5) is 18.9 Å². The Bertz CT molecular complexity index is 950. The van der Waals surface area contributed by atoms with Gasteiger partial charge in [0.05, 0.1) is 11.3 Å². The molecule has 1 N–H and O–H groups in total. The van der Waals surface area contributed by atoms with Crippen molar-refractivity contribution >= 4 is 29.1 Å². The van der Waals surface area contributed by atoms with E-state index in [1.807, 2.05) is 6.92 Å². The summed E-state index contributed by atoms with van der Waals surface area (Å²) in [5, 5.41) is 0.160. The number of ketones is 1. The van der Waals surface area contributed by atoms with Gasteiger partial charge < -0.3 is 9.88 Å². The third-order valence-corrected chi connectivity index (χ3v) is 6.15. The van der Waals surface area contributed by atoms with Crippen LogP contribution in [-0.2, 0) is 6.18 Å². The largest absolute Gasteiger partial charge is 0.416 e. The predicted molar refractivity (Wildman–Crippen MR) is 103 cm³/mol. The summed E-state index contributed by atoms with van der Waals surface area (Å²) in [4.78, 5) is 30.1. The maximum Gasteiger partial charge on any atom is 0.416 e. The Labute approximate surface area is 165 Å². The fourth-order valence-corrected chi connectivity index (χ4v) is 4.64. The van der Waals surface area contributed by atoms with E-state index in [0.717, 1.165) is 12.1 Å². The highest BCUT2D eigenvalue weighted by Gasteiger charge is 2.34. The molecule has 2 heterocycles. The number of nitrogens with zero attached hydrogens (tertiary/aromatic N) is 1. The Morgan fingerprint density at radius 2 is 1.93 bits per heavy atom. The molecule has 2 aromatic rings. The van der Waals surface area contributed by atoms with Crippen LogP contribution in [0.1, 0.15) is 57.9 Å². The van der Waals surface area contributed by atoms with Gasteiger partial charge in [-0.15, -0.1) is 11.8 Å². The Balaban J connectivity index is 2.11. The summed E-state index contributed by atoms with van der Waals surface area (Å²) in [6, 6.07) is 3.51. The monoisotopic (exact) mass is 410 g/mol. The molecular weight excluding hydrogens is 389 g/mol. The van der Waals surface area contributed by atoms with Gasteiger partial charge in [-0.05, 0) is 51.0 Å². The van der Waals surface area contributed by atoms with E-state index in [1.54, 1.807) is 13.8 Å². The number of amides is 1. The third kappa shape index (κ3) is 3.70. The molecule has 1 aliphatic heterocycles. The molecule has 0 saturated heterocycles. The smallest absolute Gasteiger partial charge is 0.354 e. The molecule has 1 amide bonds. The third-order valence-electron chi connectivity index (χ3n) is 4.91. The quantitative estimate of drug-likeness (QED) is 0.676. The van der Waals surface area contributed by atoms with Crippen LogP contribution >= 0.6 is 11.8 Å². The fourth-order valence-electron chi connectivity index (χ4n) is 3.55. The first kappa shape index (κ1) is 20.5. The van der Waals surface area contributed by atoms with E-state index in [0.29, 0.717) is 34.7 Å². The number of carbonyl (C=O) groups excluding carboxylic acids is 2. The van der Waals surface area contributed by atoms with Gasteiger partial charge in [0.1, 0.15) is 5.69 Å². The molecule has 1 aromatic carbocycles. The highest BCUT2D eigenvalue weighted by atomic mass is 32.2. The first-order valence-corrected chi connectivity index (χ1v) is 9.78. The van der Waals surface area contributed by atoms with Crippen LogP contribution in [0.2, 0.25) is 0 Å². The number of anilines is 1. The van der Waals surface area contributed by atoms with Crippen molar-refractivity contribution in [2.24, 2.45) is 0 Å². The van der Waals surface area contributed by atoms with Crippen molar-refractivity contribution in [3.8, 4) is 0 Å². The van der Waals surface area contributed by atoms with Gasteiger partial charge in [-0.25, -0.2) is 0 Å². The van der Waals surface area contributed by atoms with E-state index >= 15 is 0 Å². The van der Waals surface area contributed by atoms with E-state index < -0.39 is 17.6 Å². The number of aromatic amines is 1. The van der Waals surface area contributed by atoms with E-state index in [1.165, 1.54) is 29.7 Å². The maximum atomic E-state index is 13.3. The van der Waals surface area contributed by atoms with Crippen molar-refractivity contribution in [3.63, 3.8) is 0 Å². The molecule has 0 bridgehead atoms. The lowest BCUT2D eigenvalue weighted by molar-refractivity contribution is -0.137. The number of Topliss-reactive ketones (excluding diaryl/α,β-unsaturated/α-hetero) is 1. The molecular formula is C20H21F3N2O2S. The molecule has 3 rings (SSSR count). The summed E-state index contributed by atoms with van der Waals surface area (Å²) in [6.45, 7) is 7.09. The molecule has 4 nitrogen and oxygen atoms in total. The molecule has 0 radical (unpaired) electrons. The van der Waals surface area contributed by atoms with Gasteiger partial charge in [0.15, 0.2) is 5.78 Å². The molecule has 1 aliphatic rings. The number of H-pyrrole nitrogens is 1. The highest BCUT2D eigenvalue weighted by molar-refractivity contribution is 8.00. The van der Waals surface area contributed by atoms with Crippen LogP contribution < -0.4 is 4.90 Å². The fraction of sp³-hybridized carbons (Fsp3) is 0.400. The Hall–Kier alpha value is -2.22. The average Bonchev–Trinajstić information content (AvgIpc) is 2.78. The number of aryl methyl sites for hydroxylation is 1. The van der Waals surface area contributed by atoms with Gasteiger partial charge in [-0.1, -0.05) is 6.92 Å². The second-order valence-corrected chi connectivity index (χ2v) is 8.52. The molecule has 0 saturated carbocycles. The van der Waals surface area contributed by atoms with Gasteiger partial charge in [0.25, 0.3) is 5.91 Å². The van der Waals surface area contributed by atoms with Crippen LogP contribution in [0.25, 0.3) is 0 Å². The first-order chi connectivity index (χ1) is 13.0. The summed E-state index contributed by atoms with van der Waals surface area (Å²) in [6.07, 6.45) is -3.85. The predicted octanol–water partition coefficient (Wildman–Crippen LogP) is 5.38. The molecule has 150 valence electrons. The SMILES string of the molecule is CC(=O)c1c(C)[nH]c(C(=O)N2CC[C@H](C)Sc3ccc(C(F)(F)F)cc32)c1C. The summed E-state index contributed by atoms with van der Waals surface area (Å²) in [7, 11) is 0. The zero-order valence-electron chi connectivity index (χ0n) is 16.0. The van der Waals surface area contributed by atoms with Crippen molar-refractivity contribution in [2.75, 3.05) is 11.4 Å². The average molecular weight is 410 g/mol. The van der Waals surface area contributed by atoms with Crippen LogP contribution in [-0.4, -0.2) is 28.5 Å². The number of thioether (sulfide) groups is 1. The molecule has 0 unspecified atom stereocenters. The van der Waals surface area contributed by atoms with E-state index in [4.69, 9.17) is 0 Å². The molecule has 1 aromatic heterocycles. The number of nitrogens with one attached hydrogen (secondary N) is 1. The van der Waals surface area contributed by atoms with E-state index in [9.17, 15) is 22.8 Å². The maximum absolute atomic E-state index is 13.3. The van der Waals surface area contributed by atoms with Crippen molar-refractivity contribution in [3.05, 3.63) is 46.3 Å². The van der Waals surface area contributed by atoms with Crippen LogP contribution in [0.15, 0.2) is 23.1 Å². The summed E-state index contributed by atoms with van der Waals surface area (Å²) in [5.41, 5.74) is 1.26. The number of alkyl halides is 3. The zero-order valence-corrected chi connectivity index (χ0v) is 16.8. The minimum absolute atomic E-state index is 0.160. The Morgan fingerprint density at radius 1 is 1.25 bits per heavy atom. The zero-order chi connectivity index (χ0) is 20.8. The first-order valence-electron chi connectivity index (χ1n) is 8.90. The number of hydrogen-bond acceptors (Lipinski definition) is 3. The lowest BCUT2D eigenvalue weighted by Crippen LogP contribution is -2.33. The molecule has 0 spiro atoms. The number of fused-ring (bicyclic) bond motifs is 1. The lowest BCUT2D eigenvalue weighted by atomic mass is 10.1. The van der Waals surface area contributed by atoms with Crippen LogP contribution in [0.5, 0.6) is 0 Å². The summed E-state index contributed by atoms with van der Waals surface area (Å²) < 4.78 is 39.7. The second-order valence-electron chi connectivity index (χ2n) is 7.04. The highest BCUT2D eigenvalue weighted by Crippen LogP contribution is 2.41. The van der Waals surface area contributed by atoms with Crippen LogP contribution in [0, 0.1) is 13.8 Å². The van der Waals surface area contributed by atoms with Crippen LogP contribution in [0.3, 0.4) is 0 Å². The Morgan fingerprint density at radius 3 is 2.50 bits per heavy atom. The second kappa shape index (κ2) is 7.31. The number of benzene rings is 1. The molecule has 1 atom stereocenters. The van der Waals surface area contributed by atoms with Crippen molar-refractivity contribution in [2.45, 2.75) is 50.4 Å². The number of carbonyl (C=O) groups is 2. The number of rotatable bonds is 2. The van der Waals surface area contributed by atoms with Gasteiger partial charge in [0.2, 0.25) is 0 Å². The molecule has 28 heavy (non-hydrogen) atoms. The minimum atomic E-state index is -4.49. The molecule has 8 heteroatoms. The van der Waals surface area contributed by atoms with Gasteiger partial charge >= 0.3 is 6.18 Å². The van der Waals surface area contributed by atoms with Crippen molar-refractivity contribution in [1.82, 2.24) is 4.98 Å². The summed E-state index contributed by atoms with van der Waals surface area (Å²) in [5.74, 6) is -0.589. The Kier molecular flexibility index (Phi) is 5.36. The van der Waals surface area contributed by atoms with E-state index in [-0.39, 0.29) is 22.4 Å². The van der Waals surface area contributed by atoms with Gasteiger partial charge in [0, 0.05) is 27.9 Å². The minimum Gasteiger partial charge on any atom is -0.354 e. The van der Waals surface area contributed by atoms with Crippen molar-refractivity contribution < 1.29 is 22.8 Å². The number of halogens is 3. The topological polar surface area (TPSA) is 53.2 Å². The van der Waals surface area contributed by atoms with Gasteiger partial charge in [-0.3, -0.25) is 9.59 Å². The van der Waals surface area contributed by atoms with E-state index in [2.05, 4.69) is 4.98 Å². The molecule has 0 aliphatic carbocycles. The lowest BCUT2D eigenvalue weighted by Gasteiger charge is -2.23.